The normalized spacial score (nSPS) is 16.7. The Bertz CT molecular complexity index is 724. The summed E-state index contributed by atoms with van der Waals surface area (Å²) >= 11 is 5.91. The van der Waals surface area contributed by atoms with E-state index in [1.54, 1.807) is 12.1 Å². The predicted molar refractivity (Wildman–Crippen MR) is 107 cm³/mol. The zero-order chi connectivity index (χ0) is 18.4. The molecule has 1 amide bonds. The van der Waals surface area contributed by atoms with E-state index in [0.717, 1.165) is 24.5 Å². The van der Waals surface area contributed by atoms with Crippen molar-refractivity contribution in [3.05, 3.63) is 60.1 Å². The number of likely N-dealkylation sites (tertiary alicyclic amines) is 1. The van der Waals surface area contributed by atoms with Crippen molar-refractivity contribution in [3.8, 4) is 0 Å². The minimum atomic E-state index is -0.323. The van der Waals surface area contributed by atoms with E-state index in [1.165, 1.54) is 31.1 Å². The van der Waals surface area contributed by atoms with Crippen LogP contribution in [0.5, 0.6) is 0 Å². The number of nitrogens with zero attached hydrogens (tertiary/aromatic N) is 1. The van der Waals surface area contributed by atoms with Gasteiger partial charge in [0.2, 0.25) is 0 Å². The number of nitrogens with one attached hydrogen (secondary N) is 1. The van der Waals surface area contributed by atoms with Gasteiger partial charge in [0.15, 0.2) is 5.76 Å². The van der Waals surface area contributed by atoms with Crippen LogP contribution in [0, 0.1) is 5.41 Å². The first-order chi connectivity index (χ1) is 12.6. The summed E-state index contributed by atoms with van der Waals surface area (Å²) in [6, 6.07) is 13.7. The lowest BCUT2D eigenvalue weighted by Gasteiger charge is -2.39. The van der Waals surface area contributed by atoms with Gasteiger partial charge in [0.25, 0.3) is 5.91 Å². The maximum Gasteiger partial charge on any atom is 0.287 e. The Morgan fingerprint density at radius 1 is 1.15 bits per heavy atom. The fourth-order valence-electron chi connectivity index (χ4n) is 3.51. The van der Waals surface area contributed by atoms with E-state index >= 15 is 0 Å². The van der Waals surface area contributed by atoms with E-state index in [2.05, 4.69) is 29.3 Å². The Labute approximate surface area is 160 Å². The minimum absolute atomic E-state index is 0.198. The van der Waals surface area contributed by atoms with Crippen molar-refractivity contribution < 1.29 is 9.21 Å². The number of hydrogen-bond acceptors (Lipinski definition) is 3. The van der Waals surface area contributed by atoms with E-state index in [1.807, 2.05) is 18.2 Å². The fourth-order valence-corrected chi connectivity index (χ4v) is 3.84. The summed E-state index contributed by atoms with van der Waals surface area (Å²) in [5.41, 5.74) is 0.901. The summed E-state index contributed by atoms with van der Waals surface area (Å²) in [5, 5.41) is 3.02. The quantitative estimate of drug-likeness (QED) is 0.779. The van der Waals surface area contributed by atoms with Gasteiger partial charge in [0.1, 0.15) is 0 Å². The molecule has 2 heterocycles. The van der Waals surface area contributed by atoms with Gasteiger partial charge in [-0.25, -0.2) is 0 Å². The molecule has 1 aromatic carbocycles. The highest BCUT2D eigenvalue weighted by Gasteiger charge is 2.34. The van der Waals surface area contributed by atoms with Gasteiger partial charge in [-0.15, -0.1) is 0 Å². The molecule has 4 nitrogen and oxygen atoms in total. The summed E-state index contributed by atoms with van der Waals surface area (Å²) in [5.74, 6) is 0.131. The van der Waals surface area contributed by atoms with Crippen LogP contribution in [0.4, 0.5) is 0 Å². The molecule has 1 aliphatic rings. The maximum atomic E-state index is 12.3. The molecule has 26 heavy (non-hydrogen) atoms. The van der Waals surface area contributed by atoms with Crippen molar-refractivity contribution in [2.75, 3.05) is 19.6 Å². The Hall–Kier alpha value is -2.14. The van der Waals surface area contributed by atoms with Crippen molar-refractivity contribution in [2.45, 2.75) is 32.6 Å². The second-order valence-corrected chi connectivity index (χ2v) is 7.62. The van der Waals surface area contributed by atoms with Gasteiger partial charge >= 0.3 is 0 Å². The standard InChI is InChI=1S/C21H26N2O2S/c1-21(15-17-9-4-2-5-10-17,20(26)23-12-6-3-7-13-23)16-22-19(24)18-11-8-14-25-18/h2,4-5,8-11,14H,3,6-7,12-13,15-16H2,1H3,(H,22,24)/t21-/m0/s1. The van der Waals surface area contributed by atoms with Crippen LogP contribution in [-0.4, -0.2) is 35.4 Å². The van der Waals surface area contributed by atoms with Crippen LogP contribution in [0.25, 0.3) is 0 Å². The van der Waals surface area contributed by atoms with Crippen LogP contribution < -0.4 is 5.32 Å². The molecule has 0 radical (unpaired) electrons. The van der Waals surface area contributed by atoms with Gasteiger partial charge in [-0.1, -0.05) is 49.5 Å². The number of hydrogen-bond donors (Lipinski definition) is 1. The zero-order valence-corrected chi connectivity index (χ0v) is 16.1. The lowest BCUT2D eigenvalue weighted by atomic mass is 9.82. The van der Waals surface area contributed by atoms with Gasteiger partial charge in [-0.3, -0.25) is 4.79 Å². The number of rotatable bonds is 6. The zero-order valence-electron chi connectivity index (χ0n) is 15.2. The second kappa shape index (κ2) is 8.49. The highest BCUT2D eigenvalue weighted by atomic mass is 32.1. The third kappa shape index (κ3) is 4.52. The van der Waals surface area contributed by atoms with Gasteiger partial charge in [-0.05, 0) is 43.4 Å². The largest absolute Gasteiger partial charge is 0.459 e. The average Bonchev–Trinajstić information content (AvgIpc) is 3.22. The van der Waals surface area contributed by atoms with E-state index in [0.29, 0.717) is 12.3 Å². The van der Waals surface area contributed by atoms with E-state index < -0.39 is 0 Å². The van der Waals surface area contributed by atoms with E-state index in [-0.39, 0.29) is 11.3 Å². The molecule has 2 aromatic rings. The average molecular weight is 371 g/mol. The molecule has 1 N–H and O–H groups in total. The number of benzene rings is 1. The van der Waals surface area contributed by atoms with Crippen molar-refractivity contribution in [3.63, 3.8) is 0 Å². The van der Waals surface area contributed by atoms with Crippen molar-refractivity contribution in [2.24, 2.45) is 5.41 Å². The van der Waals surface area contributed by atoms with Crippen LogP contribution >= 0.6 is 12.2 Å². The molecule has 1 aliphatic heterocycles. The third-order valence-corrected chi connectivity index (χ3v) is 5.73. The predicted octanol–water partition coefficient (Wildman–Crippen LogP) is 4.07. The summed E-state index contributed by atoms with van der Waals surface area (Å²) in [7, 11) is 0. The molecule has 0 saturated carbocycles. The molecule has 0 aliphatic carbocycles. The molecular formula is C21H26N2O2S. The highest BCUT2D eigenvalue weighted by Crippen LogP contribution is 2.28. The van der Waals surface area contributed by atoms with E-state index in [9.17, 15) is 4.79 Å². The molecule has 1 aromatic heterocycles. The molecule has 1 saturated heterocycles. The smallest absolute Gasteiger partial charge is 0.287 e. The number of carbonyl (C=O) groups is 1. The first-order valence-electron chi connectivity index (χ1n) is 9.23. The van der Waals surface area contributed by atoms with Gasteiger partial charge in [-0.2, -0.15) is 0 Å². The van der Waals surface area contributed by atoms with Crippen LogP contribution in [0.15, 0.2) is 53.1 Å². The summed E-state index contributed by atoms with van der Waals surface area (Å²) < 4.78 is 5.20. The molecule has 5 heteroatoms. The van der Waals surface area contributed by atoms with Crippen molar-refractivity contribution in [1.29, 1.82) is 0 Å². The Kier molecular flexibility index (Phi) is 6.09. The third-order valence-electron chi connectivity index (χ3n) is 4.98. The topological polar surface area (TPSA) is 45.5 Å². The number of amides is 1. The van der Waals surface area contributed by atoms with Crippen molar-refractivity contribution in [1.82, 2.24) is 10.2 Å². The first-order valence-corrected chi connectivity index (χ1v) is 9.64. The Morgan fingerprint density at radius 3 is 2.54 bits per heavy atom. The van der Waals surface area contributed by atoms with Crippen molar-refractivity contribution >= 4 is 23.1 Å². The Morgan fingerprint density at radius 2 is 1.88 bits per heavy atom. The van der Waals surface area contributed by atoms with Gasteiger partial charge in [0.05, 0.1) is 11.3 Å². The molecule has 0 unspecified atom stereocenters. The molecule has 138 valence electrons. The van der Waals surface area contributed by atoms with Crippen LogP contribution in [0.3, 0.4) is 0 Å². The molecule has 0 spiro atoms. The molecular weight excluding hydrogens is 344 g/mol. The first kappa shape index (κ1) is 18.6. The Balaban J connectivity index is 1.75. The maximum absolute atomic E-state index is 12.3. The molecule has 1 atom stereocenters. The van der Waals surface area contributed by atoms with E-state index in [4.69, 9.17) is 16.6 Å². The minimum Gasteiger partial charge on any atom is -0.459 e. The second-order valence-electron chi connectivity index (χ2n) is 7.24. The summed E-state index contributed by atoms with van der Waals surface area (Å²) in [6.07, 6.45) is 5.93. The summed E-state index contributed by atoms with van der Waals surface area (Å²) in [4.78, 5) is 15.6. The van der Waals surface area contributed by atoms with Gasteiger partial charge < -0.3 is 14.6 Å². The monoisotopic (exact) mass is 370 g/mol. The summed E-state index contributed by atoms with van der Waals surface area (Å²) in [6.45, 7) is 4.65. The van der Waals surface area contributed by atoms with Crippen LogP contribution in [0.2, 0.25) is 0 Å². The van der Waals surface area contributed by atoms with Crippen LogP contribution in [0.1, 0.15) is 42.3 Å². The number of furan rings is 1. The molecule has 3 rings (SSSR count). The number of thiocarbonyl (C=S) groups is 1. The van der Waals surface area contributed by atoms with Gasteiger partial charge in [0, 0.05) is 25.0 Å². The molecule has 1 fully saturated rings. The fraction of sp³-hybridized carbons (Fsp3) is 0.429. The van der Waals surface area contributed by atoms with Crippen LogP contribution in [-0.2, 0) is 6.42 Å². The molecule has 0 bridgehead atoms. The number of piperidine rings is 1. The SMILES string of the molecule is C[C@@](CNC(=O)c1ccco1)(Cc1ccccc1)C(=S)N1CCCCC1. The lowest BCUT2D eigenvalue weighted by Crippen LogP contribution is -2.50. The number of carbonyl (C=O) groups excluding carboxylic acids is 1. The highest BCUT2D eigenvalue weighted by molar-refractivity contribution is 7.80. The lowest BCUT2D eigenvalue weighted by molar-refractivity contribution is 0.0914.